The molecule has 5 nitrogen and oxygen atoms in total. The number of nitrogens with one attached hydrogen (secondary N) is 1. The van der Waals surface area contributed by atoms with E-state index in [-0.39, 0.29) is 12.5 Å². The third kappa shape index (κ3) is 3.48. The van der Waals surface area contributed by atoms with Crippen LogP contribution in [0.3, 0.4) is 0 Å². The number of nitrogens with zero attached hydrogens (tertiary/aromatic N) is 1. The number of para-hydroxylation sites is 1. The number of anilines is 2. The monoisotopic (exact) mass is 328 g/mol. The Balaban J connectivity index is 1.57. The third-order valence-electron chi connectivity index (χ3n) is 3.66. The fraction of sp³-hybridized carbons (Fsp3) is 0.176. The maximum atomic E-state index is 12.0. The van der Waals surface area contributed by atoms with E-state index in [0.29, 0.717) is 18.5 Å². The van der Waals surface area contributed by atoms with Gasteiger partial charge in [-0.3, -0.25) is 4.79 Å². The van der Waals surface area contributed by atoms with Crippen LogP contribution in [-0.2, 0) is 22.4 Å². The van der Waals surface area contributed by atoms with E-state index in [1.807, 2.05) is 36.4 Å². The molecule has 6 heteroatoms. The van der Waals surface area contributed by atoms with Crippen molar-refractivity contribution in [2.75, 3.05) is 16.2 Å². The minimum atomic E-state index is -0.527. The first kappa shape index (κ1) is 15.4. The Morgan fingerprint density at radius 2 is 1.96 bits per heavy atom. The standard InChI is InChI=1S/C17H16N2O3S/c20-16-11-14-12(5-4-8-15(14)18-16)9-10-22-17(21)19(23)13-6-2-1-3-7-13/h1-8,23H,9-11H2,(H,18,20). The average Bonchev–Trinajstić information content (AvgIpc) is 2.96. The van der Waals surface area contributed by atoms with Crippen LogP contribution in [0.25, 0.3) is 0 Å². The SMILES string of the molecule is O=C1Cc2c(CCOC(=O)N(S)c3ccccc3)cccc2N1. The van der Waals surface area contributed by atoms with Gasteiger partial charge < -0.3 is 10.1 Å². The van der Waals surface area contributed by atoms with Gasteiger partial charge in [0, 0.05) is 12.1 Å². The lowest BCUT2D eigenvalue weighted by molar-refractivity contribution is -0.115. The zero-order valence-electron chi connectivity index (χ0n) is 12.4. The lowest BCUT2D eigenvalue weighted by Crippen LogP contribution is -2.23. The van der Waals surface area contributed by atoms with Crippen molar-refractivity contribution in [1.82, 2.24) is 0 Å². The quantitative estimate of drug-likeness (QED) is 0.847. The molecular weight excluding hydrogens is 312 g/mol. The zero-order valence-corrected chi connectivity index (χ0v) is 13.3. The molecule has 0 atom stereocenters. The number of fused-ring (bicyclic) bond motifs is 1. The lowest BCUT2D eigenvalue weighted by Gasteiger charge is -2.15. The number of amides is 2. The van der Waals surface area contributed by atoms with Crippen molar-refractivity contribution >= 4 is 36.2 Å². The second-order valence-corrected chi connectivity index (χ2v) is 5.58. The molecule has 1 aliphatic rings. The number of rotatable bonds is 4. The Labute approximate surface area is 139 Å². The van der Waals surface area contributed by atoms with Crippen LogP contribution in [0, 0.1) is 0 Å². The summed E-state index contributed by atoms with van der Waals surface area (Å²) in [5, 5.41) is 2.81. The number of thiol groups is 1. The molecule has 23 heavy (non-hydrogen) atoms. The maximum absolute atomic E-state index is 12.0. The second-order valence-electron chi connectivity index (χ2n) is 5.18. The molecular formula is C17H16N2O3S. The molecule has 0 saturated carbocycles. The lowest BCUT2D eigenvalue weighted by atomic mass is 10.0. The molecule has 0 saturated heterocycles. The minimum Gasteiger partial charge on any atom is -0.448 e. The van der Waals surface area contributed by atoms with Gasteiger partial charge in [-0.15, -0.1) is 0 Å². The summed E-state index contributed by atoms with van der Waals surface area (Å²) in [5.74, 6) is -0.00458. The highest BCUT2D eigenvalue weighted by Gasteiger charge is 2.20. The summed E-state index contributed by atoms with van der Waals surface area (Å²) in [6.45, 7) is 0.230. The van der Waals surface area contributed by atoms with Gasteiger partial charge in [-0.05, 0) is 29.3 Å². The molecule has 1 heterocycles. The van der Waals surface area contributed by atoms with Gasteiger partial charge in [0.25, 0.3) is 0 Å². The molecule has 2 aromatic rings. The summed E-state index contributed by atoms with van der Waals surface area (Å²) in [7, 11) is 0. The molecule has 1 aliphatic heterocycles. The molecule has 0 fully saturated rings. The van der Waals surface area contributed by atoms with Crippen molar-refractivity contribution < 1.29 is 14.3 Å². The molecule has 0 spiro atoms. The smallest absolute Gasteiger partial charge is 0.424 e. The zero-order chi connectivity index (χ0) is 16.2. The predicted octanol–water partition coefficient (Wildman–Crippen LogP) is 3.21. The third-order valence-corrected chi connectivity index (χ3v) is 4.05. The molecule has 2 amide bonds. The van der Waals surface area contributed by atoms with Crippen LogP contribution in [0.4, 0.5) is 16.2 Å². The van der Waals surface area contributed by atoms with Gasteiger partial charge in [0.1, 0.15) is 0 Å². The predicted molar refractivity (Wildman–Crippen MR) is 91.7 cm³/mol. The molecule has 2 aromatic carbocycles. The Hall–Kier alpha value is -2.47. The number of carbonyl (C=O) groups is 2. The van der Waals surface area contributed by atoms with E-state index in [2.05, 4.69) is 18.1 Å². The highest BCUT2D eigenvalue weighted by Crippen LogP contribution is 2.26. The Morgan fingerprint density at radius 3 is 2.74 bits per heavy atom. The van der Waals surface area contributed by atoms with Crippen LogP contribution < -0.4 is 9.62 Å². The average molecular weight is 328 g/mol. The van der Waals surface area contributed by atoms with Gasteiger partial charge in [-0.1, -0.05) is 43.1 Å². The molecule has 0 unspecified atom stereocenters. The van der Waals surface area contributed by atoms with Crippen molar-refractivity contribution in [1.29, 1.82) is 0 Å². The van der Waals surface area contributed by atoms with Crippen molar-refractivity contribution in [2.45, 2.75) is 12.8 Å². The van der Waals surface area contributed by atoms with Gasteiger partial charge in [-0.25, -0.2) is 9.10 Å². The van der Waals surface area contributed by atoms with Gasteiger partial charge in [0.15, 0.2) is 0 Å². The molecule has 0 radical (unpaired) electrons. The summed E-state index contributed by atoms with van der Waals surface area (Å²) < 4.78 is 6.42. The number of benzene rings is 2. The van der Waals surface area contributed by atoms with Crippen LogP contribution in [0.5, 0.6) is 0 Å². The first-order chi connectivity index (χ1) is 11.1. The number of carbonyl (C=O) groups excluding carboxylic acids is 2. The molecule has 0 bridgehead atoms. The molecule has 1 N–H and O–H groups in total. The molecule has 3 rings (SSSR count). The summed E-state index contributed by atoms with van der Waals surface area (Å²) in [5.41, 5.74) is 3.49. The Bertz CT molecular complexity index is 734. The van der Waals surface area contributed by atoms with Gasteiger partial charge in [0.05, 0.1) is 18.7 Å². The second kappa shape index (κ2) is 6.75. The largest absolute Gasteiger partial charge is 0.448 e. The fourth-order valence-electron chi connectivity index (χ4n) is 2.53. The highest BCUT2D eigenvalue weighted by molar-refractivity contribution is 7.82. The molecule has 0 aromatic heterocycles. The van der Waals surface area contributed by atoms with E-state index in [4.69, 9.17) is 4.74 Å². The van der Waals surface area contributed by atoms with E-state index in [0.717, 1.165) is 16.8 Å². The van der Waals surface area contributed by atoms with Crippen molar-refractivity contribution in [3.63, 3.8) is 0 Å². The summed E-state index contributed by atoms with van der Waals surface area (Å²) >= 11 is 4.16. The van der Waals surface area contributed by atoms with Crippen LogP contribution >= 0.6 is 12.8 Å². The highest BCUT2D eigenvalue weighted by atomic mass is 32.1. The van der Waals surface area contributed by atoms with E-state index in [1.165, 1.54) is 4.31 Å². The van der Waals surface area contributed by atoms with Crippen LogP contribution in [0.2, 0.25) is 0 Å². The maximum Gasteiger partial charge on any atom is 0.424 e. The first-order valence-electron chi connectivity index (χ1n) is 7.26. The topological polar surface area (TPSA) is 58.6 Å². The normalized spacial score (nSPS) is 12.5. The molecule has 118 valence electrons. The number of ether oxygens (including phenoxy) is 1. The molecule has 0 aliphatic carbocycles. The van der Waals surface area contributed by atoms with Crippen LogP contribution in [0.15, 0.2) is 48.5 Å². The van der Waals surface area contributed by atoms with E-state index in [9.17, 15) is 9.59 Å². The number of hydrogen-bond acceptors (Lipinski definition) is 4. The Kier molecular flexibility index (Phi) is 4.52. The summed E-state index contributed by atoms with van der Waals surface area (Å²) in [6, 6.07) is 14.8. The van der Waals surface area contributed by atoms with Gasteiger partial charge >= 0.3 is 6.09 Å². The van der Waals surface area contributed by atoms with Crippen LogP contribution in [0.1, 0.15) is 11.1 Å². The minimum absolute atomic E-state index is 0.00458. The summed E-state index contributed by atoms with van der Waals surface area (Å²) in [6.07, 6.45) is 0.406. The van der Waals surface area contributed by atoms with Crippen molar-refractivity contribution in [3.8, 4) is 0 Å². The summed E-state index contributed by atoms with van der Waals surface area (Å²) in [4.78, 5) is 23.4. The van der Waals surface area contributed by atoms with E-state index in [1.54, 1.807) is 12.1 Å². The van der Waals surface area contributed by atoms with Crippen LogP contribution in [-0.4, -0.2) is 18.6 Å². The van der Waals surface area contributed by atoms with Gasteiger partial charge in [-0.2, -0.15) is 0 Å². The van der Waals surface area contributed by atoms with Gasteiger partial charge in [0.2, 0.25) is 5.91 Å². The first-order valence-corrected chi connectivity index (χ1v) is 7.66. The van der Waals surface area contributed by atoms with Crippen molar-refractivity contribution in [3.05, 3.63) is 59.7 Å². The van der Waals surface area contributed by atoms with Crippen molar-refractivity contribution in [2.24, 2.45) is 0 Å². The van der Waals surface area contributed by atoms with E-state index >= 15 is 0 Å². The van der Waals surface area contributed by atoms with E-state index < -0.39 is 6.09 Å². The fourth-order valence-corrected chi connectivity index (χ4v) is 2.72. The number of hydrogen-bond donors (Lipinski definition) is 2. The Morgan fingerprint density at radius 1 is 1.17 bits per heavy atom.